The van der Waals surface area contributed by atoms with Crippen LogP contribution in [0.15, 0.2) is 53.0 Å². The van der Waals surface area contributed by atoms with Crippen molar-refractivity contribution in [1.29, 1.82) is 0 Å². The summed E-state index contributed by atoms with van der Waals surface area (Å²) >= 11 is 5.06. The largest absolute Gasteiger partial charge is 0.350 e. The molecule has 0 saturated carbocycles. The van der Waals surface area contributed by atoms with Crippen LogP contribution < -0.4 is 5.32 Å². The number of nitrogens with one attached hydrogen (secondary N) is 1. The van der Waals surface area contributed by atoms with Gasteiger partial charge in [-0.1, -0.05) is 57.9 Å². The van der Waals surface area contributed by atoms with Crippen molar-refractivity contribution in [2.24, 2.45) is 0 Å². The van der Waals surface area contributed by atoms with Crippen LogP contribution in [-0.4, -0.2) is 34.0 Å². The smallest absolute Gasteiger partial charge is 0.242 e. The highest BCUT2D eigenvalue weighted by atomic mass is 79.9. The second-order valence-electron chi connectivity index (χ2n) is 8.55. The van der Waals surface area contributed by atoms with Crippen molar-refractivity contribution in [3.63, 3.8) is 0 Å². The molecule has 0 aliphatic carbocycles. The van der Waals surface area contributed by atoms with Gasteiger partial charge in [0.15, 0.2) is 0 Å². The molecule has 2 aromatic carbocycles. The zero-order valence-electron chi connectivity index (χ0n) is 18.4. The van der Waals surface area contributed by atoms with E-state index >= 15 is 0 Å². The first-order chi connectivity index (χ1) is 14.0. The minimum absolute atomic E-state index is 0.0378. The van der Waals surface area contributed by atoms with Gasteiger partial charge < -0.3 is 10.2 Å². The summed E-state index contributed by atoms with van der Waals surface area (Å²) in [5.41, 5.74) is 3.04. The maximum Gasteiger partial charge on any atom is 0.242 e. The van der Waals surface area contributed by atoms with Gasteiger partial charge in [0, 0.05) is 22.3 Å². The molecule has 2 amide bonds. The average Bonchev–Trinajstić information content (AvgIpc) is 2.64. The lowest BCUT2D eigenvalue weighted by atomic mass is 10.1. The molecule has 6 heteroatoms. The monoisotopic (exact) mass is 490 g/mol. The highest BCUT2D eigenvalue weighted by molar-refractivity contribution is 9.10. The van der Waals surface area contributed by atoms with Gasteiger partial charge in [0.25, 0.3) is 0 Å². The van der Waals surface area contributed by atoms with Gasteiger partial charge in [0.1, 0.15) is 6.04 Å². The van der Waals surface area contributed by atoms with Crippen LogP contribution in [0, 0.1) is 6.92 Å². The number of hydrogen-bond donors (Lipinski definition) is 1. The molecule has 4 nitrogen and oxygen atoms in total. The Balaban J connectivity index is 2.10. The molecule has 0 saturated heterocycles. The molecule has 0 bridgehead atoms. The predicted octanol–water partition coefficient (Wildman–Crippen LogP) is 5.32. The van der Waals surface area contributed by atoms with E-state index in [1.807, 2.05) is 51.1 Å². The molecule has 0 spiro atoms. The summed E-state index contributed by atoms with van der Waals surface area (Å²) in [6.45, 7) is 10.1. The first-order valence-electron chi connectivity index (χ1n) is 10.0. The van der Waals surface area contributed by atoms with Gasteiger partial charge in [0.05, 0.1) is 5.75 Å². The van der Waals surface area contributed by atoms with E-state index < -0.39 is 6.04 Å². The number of halogens is 1. The van der Waals surface area contributed by atoms with E-state index in [1.165, 1.54) is 11.1 Å². The van der Waals surface area contributed by atoms with E-state index in [2.05, 4.69) is 46.4 Å². The number of thioether (sulfide) groups is 1. The molecule has 0 heterocycles. The average molecular weight is 491 g/mol. The van der Waals surface area contributed by atoms with E-state index in [-0.39, 0.29) is 17.4 Å². The maximum absolute atomic E-state index is 13.1. The van der Waals surface area contributed by atoms with Crippen LogP contribution in [0.4, 0.5) is 0 Å². The van der Waals surface area contributed by atoms with Crippen LogP contribution in [-0.2, 0) is 21.9 Å². The summed E-state index contributed by atoms with van der Waals surface area (Å²) in [5.74, 6) is 0.911. The Bertz CT molecular complexity index is 880. The van der Waals surface area contributed by atoms with Crippen molar-refractivity contribution in [3.05, 3.63) is 69.7 Å². The summed E-state index contributed by atoms with van der Waals surface area (Å²) in [5, 5.41) is 2.99. The lowest BCUT2D eigenvalue weighted by Gasteiger charge is -2.31. The Morgan fingerprint density at radius 1 is 1.10 bits per heavy atom. The van der Waals surface area contributed by atoms with Crippen molar-refractivity contribution in [2.75, 3.05) is 5.75 Å². The number of rotatable bonds is 8. The molecule has 0 fully saturated rings. The summed E-state index contributed by atoms with van der Waals surface area (Å²) in [4.78, 5) is 27.6. The topological polar surface area (TPSA) is 49.4 Å². The zero-order valence-corrected chi connectivity index (χ0v) is 20.8. The fourth-order valence-corrected chi connectivity index (χ4v) is 4.33. The number of aryl methyl sites for hydroxylation is 1. The van der Waals surface area contributed by atoms with Gasteiger partial charge in [0.2, 0.25) is 11.8 Å². The molecule has 0 radical (unpaired) electrons. The third-order valence-corrected chi connectivity index (χ3v) is 5.97. The Kier molecular flexibility index (Phi) is 8.98. The van der Waals surface area contributed by atoms with Gasteiger partial charge in [-0.25, -0.2) is 0 Å². The van der Waals surface area contributed by atoms with Crippen LogP contribution in [0.25, 0.3) is 0 Å². The van der Waals surface area contributed by atoms with E-state index in [0.29, 0.717) is 12.3 Å². The van der Waals surface area contributed by atoms with Crippen molar-refractivity contribution in [3.8, 4) is 0 Å². The molecular formula is C24H31BrN2O2S. The molecule has 1 atom stereocenters. The van der Waals surface area contributed by atoms with Crippen LogP contribution >= 0.6 is 27.7 Å². The fourth-order valence-electron chi connectivity index (χ4n) is 3.03. The number of amides is 2. The normalized spacial score (nSPS) is 12.3. The third kappa shape index (κ3) is 8.15. The van der Waals surface area contributed by atoms with Crippen LogP contribution in [0.5, 0.6) is 0 Å². The van der Waals surface area contributed by atoms with Crippen LogP contribution in [0.1, 0.15) is 44.4 Å². The maximum atomic E-state index is 13.1. The Labute approximate surface area is 192 Å². The summed E-state index contributed by atoms with van der Waals surface area (Å²) in [6, 6.07) is 15.6. The molecule has 0 aliphatic rings. The van der Waals surface area contributed by atoms with E-state index in [4.69, 9.17) is 0 Å². The number of nitrogens with zero attached hydrogens (tertiary/aromatic N) is 1. The first-order valence-corrected chi connectivity index (χ1v) is 12.0. The number of benzene rings is 2. The number of carbonyl (C=O) groups is 2. The van der Waals surface area contributed by atoms with Gasteiger partial charge in [-0.3, -0.25) is 9.59 Å². The van der Waals surface area contributed by atoms with Crippen molar-refractivity contribution in [1.82, 2.24) is 10.2 Å². The molecular weight excluding hydrogens is 460 g/mol. The van der Waals surface area contributed by atoms with E-state index in [0.717, 1.165) is 15.8 Å². The van der Waals surface area contributed by atoms with Gasteiger partial charge >= 0.3 is 0 Å². The lowest BCUT2D eigenvalue weighted by molar-refractivity contribution is -0.139. The van der Waals surface area contributed by atoms with Gasteiger partial charge in [-0.2, -0.15) is 0 Å². The molecule has 0 unspecified atom stereocenters. The van der Waals surface area contributed by atoms with Crippen molar-refractivity contribution >= 4 is 39.5 Å². The minimum Gasteiger partial charge on any atom is -0.350 e. The molecule has 30 heavy (non-hydrogen) atoms. The predicted molar refractivity (Wildman–Crippen MR) is 129 cm³/mol. The summed E-state index contributed by atoms with van der Waals surface area (Å²) in [7, 11) is 0. The summed E-state index contributed by atoms with van der Waals surface area (Å²) in [6.07, 6.45) is 0. The van der Waals surface area contributed by atoms with Crippen LogP contribution in [0.3, 0.4) is 0 Å². The molecule has 2 rings (SSSR count). The molecule has 0 aromatic heterocycles. The van der Waals surface area contributed by atoms with Crippen LogP contribution in [0.2, 0.25) is 0 Å². The highest BCUT2D eigenvalue weighted by Crippen LogP contribution is 2.19. The molecule has 1 N–H and O–H groups in total. The Hall–Kier alpha value is -1.79. The van der Waals surface area contributed by atoms with Gasteiger partial charge in [-0.05, 0) is 57.9 Å². The quantitative estimate of drug-likeness (QED) is 0.544. The Morgan fingerprint density at radius 3 is 2.40 bits per heavy atom. The lowest BCUT2D eigenvalue weighted by Crippen LogP contribution is -2.52. The second kappa shape index (κ2) is 11.0. The van der Waals surface area contributed by atoms with Crippen molar-refractivity contribution < 1.29 is 9.59 Å². The summed E-state index contributed by atoms with van der Waals surface area (Å²) < 4.78 is 0.952. The fraction of sp³-hybridized carbons (Fsp3) is 0.417. The molecule has 0 aliphatic heterocycles. The Morgan fingerprint density at radius 2 is 1.77 bits per heavy atom. The number of carbonyl (C=O) groups excluding carboxylic acids is 2. The van der Waals surface area contributed by atoms with E-state index in [9.17, 15) is 9.59 Å². The molecule has 2 aromatic rings. The van der Waals surface area contributed by atoms with E-state index in [1.54, 1.807) is 23.6 Å². The minimum atomic E-state index is -0.560. The third-order valence-electron chi connectivity index (χ3n) is 4.48. The zero-order chi connectivity index (χ0) is 22.3. The van der Waals surface area contributed by atoms with Gasteiger partial charge in [-0.15, -0.1) is 11.8 Å². The second-order valence-corrected chi connectivity index (χ2v) is 10.4. The number of hydrogen-bond acceptors (Lipinski definition) is 3. The first kappa shape index (κ1) is 24.5. The standard InChI is InChI=1S/C24H31BrN2O2S/c1-17-8-6-10-20(12-17)15-30-16-22(28)27(14-19-9-7-11-21(25)13-19)18(2)23(29)26-24(3,4)5/h6-13,18H,14-16H2,1-5H3,(H,26,29)/t18-/m1/s1. The van der Waals surface area contributed by atoms with Crippen molar-refractivity contribution in [2.45, 2.75) is 58.5 Å². The highest BCUT2D eigenvalue weighted by Gasteiger charge is 2.28. The molecule has 162 valence electrons. The SMILES string of the molecule is Cc1cccc(CSCC(=O)N(Cc2cccc(Br)c2)[C@H](C)C(=O)NC(C)(C)C)c1.